The van der Waals surface area contributed by atoms with Crippen molar-refractivity contribution in [3.05, 3.63) is 91.0 Å². The van der Waals surface area contributed by atoms with Gasteiger partial charge in [0, 0.05) is 13.0 Å². The number of carbonyl (C=O) groups excluding carboxylic acids is 1. The van der Waals surface area contributed by atoms with Gasteiger partial charge in [-0.2, -0.15) is 0 Å². The van der Waals surface area contributed by atoms with Gasteiger partial charge in [-0.25, -0.2) is 0 Å². The molecule has 0 fully saturated rings. The molecule has 1 unspecified atom stereocenters. The summed E-state index contributed by atoms with van der Waals surface area (Å²) in [6, 6.07) is 32.1. The number of likely N-dealkylation sites (N-methyl/N-ethyl adjacent to an activating group) is 1. The number of unbranched alkanes of at least 4 members (excludes halogenated alkanes) is 1. The van der Waals surface area contributed by atoms with E-state index in [0.29, 0.717) is 6.54 Å². The third-order valence-electron chi connectivity index (χ3n) is 5.95. The highest BCUT2D eigenvalue weighted by molar-refractivity contribution is 7.95. The third kappa shape index (κ3) is 6.28. The minimum atomic E-state index is -1.83. The zero-order valence-electron chi connectivity index (χ0n) is 19.2. The molecular formula is C27H34N4OP+. The number of amidine groups is 1. The van der Waals surface area contributed by atoms with E-state index >= 15 is 0 Å². The third-order valence-corrected chi connectivity index (χ3v) is 10.5. The first-order valence-electron chi connectivity index (χ1n) is 11.4. The summed E-state index contributed by atoms with van der Waals surface area (Å²) in [5.74, 6) is -0.101. The minimum absolute atomic E-state index is 0.0178. The van der Waals surface area contributed by atoms with E-state index in [1.54, 1.807) is 7.05 Å². The van der Waals surface area contributed by atoms with Crippen molar-refractivity contribution in [1.29, 1.82) is 5.41 Å². The maximum Gasteiger partial charge on any atom is 0.222 e. The Balaban J connectivity index is 1.76. The molecule has 0 saturated carbocycles. The van der Waals surface area contributed by atoms with E-state index in [1.807, 2.05) is 0 Å². The van der Waals surface area contributed by atoms with Crippen molar-refractivity contribution in [2.45, 2.75) is 25.3 Å². The Morgan fingerprint density at radius 2 is 1.30 bits per heavy atom. The van der Waals surface area contributed by atoms with Gasteiger partial charge in [0.1, 0.15) is 29.0 Å². The predicted molar refractivity (Wildman–Crippen MR) is 142 cm³/mol. The van der Waals surface area contributed by atoms with E-state index in [-0.39, 0.29) is 18.2 Å². The topological polar surface area (TPSA) is 91.0 Å². The van der Waals surface area contributed by atoms with Gasteiger partial charge in [0.15, 0.2) is 0 Å². The van der Waals surface area contributed by atoms with Crippen LogP contribution in [0.3, 0.4) is 0 Å². The van der Waals surface area contributed by atoms with Crippen molar-refractivity contribution < 1.29 is 4.79 Å². The number of hydrogen-bond acceptors (Lipinski definition) is 3. The molecule has 172 valence electrons. The molecule has 0 spiro atoms. The Morgan fingerprint density at radius 3 is 1.70 bits per heavy atom. The number of hydrogen-bond donors (Lipinski definition) is 4. The Hall–Kier alpha value is -3.01. The average molecular weight is 462 g/mol. The SMILES string of the molecule is CNC(CC(=O)NCCCC[P+](c1ccccc1)(c1ccccc1)c1ccccc1)C(=N)N. The maximum atomic E-state index is 12.2. The zero-order chi connectivity index (χ0) is 23.5. The molecule has 0 heterocycles. The van der Waals surface area contributed by atoms with Crippen molar-refractivity contribution >= 4 is 34.9 Å². The van der Waals surface area contributed by atoms with Crippen LogP contribution >= 0.6 is 7.26 Å². The van der Waals surface area contributed by atoms with Crippen LogP contribution in [-0.2, 0) is 4.79 Å². The molecule has 3 aromatic rings. The molecular weight excluding hydrogens is 427 g/mol. The first kappa shape index (κ1) is 24.6. The number of carbonyl (C=O) groups is 1. The van der Waals surface area contributed by atoms with Crippen LogP contribution in [-0.4, -0.2) is 37.5 Å². The standard InChI is InChI=1S/C27H33N4OP/c1-30-25(27(28)29)21-26(32)31-19-11-12-20-33(22-13-5-2-6-14-22,23-15-7-3-8-16-23)24-17-9-4-10-18-24/h2-10,13-18,25,30H,11-12,19-21H2,1H3,(H3-,28,29,31,32)/p+1. The van der Waals surface area contributed by atoms with Crippen molar-refractivity contribution in [2.75, 3.05) is 19.8 Å². The Kier molecular flexibility index (Phi) is 9.17. The van der Waals surface area contributed by atoms with Crippen molar-refractivity contribution in [2.24, 2.45) is 5.73 Å². The lowest BCUT2D eigenvalue weighted by atomic mass is 10.2. The van der Waals surface area contributed by atoms with E-state index in [2.05, 4.69) is 102 Å². The summed E-state index contributed by atoms with van der Waals surface area (Å²) >= 11 is 0. The summed E-state index contributed by atoms with van der Waals surface area (Å²) in [7, 11) is -0.117. The van der Waals surface area contributed by atoms with Crippen LogP contribution in [0.1, 0.15) is 19.3 Å². The zero-order valence-corrected chi connectivity index (χ0v) is 20.1. The first-order valence-corrected chi connectivity index (χ1v) is 13.4. The second-order valence-electron chi connectivity index (χ2n) is 8.10. The van der Waals surface area contributed by atoms with Gasteiger partial charge in [0.2, 0.25) is 5.91 Å². The number of nitrogens with two attached hydrogens (primary N) is 1. The number of nitrogens with one attached hydrogen (secondary N) is 3. The molecule has 1 atom stereocenters. The summed E-state index contributed by atoms with van der Waals surface area (Å²) < 4.78 is 0. The number of rotatable bonds is 12. The van der Waals surface area contributed by atoms with E-state index in [1.165, 1.54) is 15.9 Å². The van der Waals surface area contributed by atoms with Gasteiger partial charge < -0.3 is 16.4 Å². The van der Waals surface area contributed by atoms with Crippen LogP contribution in [0.5, 0.6) is 0 Å². The lowest BCUT2D eigenvalue weighted by molar-refractivity contribution is -0.121. The number of amides is 1. The van der Waals surface area contributed by atoms with Crippen LogP contribution in [0.15, 0.2) is 91.0 Å². The second-order valence-corrected chi connectivity index (χ2v) is 11.7. The molecule has 0 radical (unpaired) electrons. The highest BCUT2D eigenvalue weighted by Crippen LogP contribution is 2.55. The van der Waals surface area contributed by atoms with Crippen LogP contribution < -0.4 is 32.3 Å². The van der Waals surface area contributed by atoms with E-state index in [0.717, 1.165) is 19.0 Å². The molecule has 3 aromatic carbocycles. The molecule has 0 aliphatic heterocycles. The minimum Gasteiger partial charge on any atom is -0.386 e. The Bertz CT molecular complexity index is 915. The Morgan fingerprint density at radius 1 is 0.848 bits per heavy atom. The van der Waals surface area contributed by atoms with Crippen molar-refractivity contribution in [1.82, 2.24) is 10.6 Å². The molecule has 1 amide bonds. The van der Waals surface area contributed by atoms with E-state index in [4.69, 9.17) is 11.1 Å². The second kappa shape index (κ2) is 12.3. The highest BCUT2D eigenvalue weighted by Gasteiger charge is 2.44. The summed E-state index contributed by atoms with van der Waals surface area (Å²) in [5.41, 5.74) is 5.53. The van der Waals surface area contributed by atoms with Gasteiger partial charge in [0.25, 0.3) is 0 Å². The molecule has 5 nitrogen and oxygen atoms in total. The average Bonchev–Trinajstić information content (AvgIpc) is 2.86. The fourth-order valence-corrected chi connectivity index (χ4v) is 8.62. The van der Waals surface area contributed by atoms with Crippen LogP contribution in [0.4, 0.5) is 0 Å². The van der Waals surface area contributed by atoms with Gasteiger partial charge in [-0.1, -0.05) is 54.6 Å². The summed E-state index contributed by atoms with van der Waals surface area (Å²) in [5, 5.41) is 17.6. The lowest BCUT2D eigenvalue weighted by Crippen LogP contribution is -2.42. The summed E-state index contributed by atoms with van der Waals surface area (Å²) in [4.78, 5) is 12.2. The van der Waals surface area contributed by atoms with Gasteiger partial charge >= 0.3 is 0 Å². The van der Waals surface area contributed by atoms with Gasteiger partial charge in [0.05, 0.1) is 12.2 Å². The first-order chi connectivity index (χ1) is 16.1. The normalized spacial score (nSPS) is 12.2. The molecule has 33 heavy (non-hydrogen) atoms. The van der Waals surface area contributed by atoms with Gasteiger partial charge in [-0.15, -0.1) is 0 Å². The molecule has 0 saturated heterocycles. The van der Waals surface area contributed by atoms with Gasteiger partial charge in [-0.3, -0.25) is 10.2 Å². The summed E-state index contributed by atoms with van der Waals surface area (Å²) in [6.45, 7) is 0.617. The van der Waals surface area contributed by atoms with E-state index in [9.17, 15) is 4.79 Å². The van der Waals surface area contributed by atoms with Crippen LogP contribution in [0, 0.1) is 5.41 Å². The van der Waals surface area contributed by atoms with Crippen molar-refractivity contribution in [3.63, 3.8) is 0 Å². The van der Waals surface area contributed by atoms with Crippen LogP contribution in [0.2, 0.25) is 0 Å². The van der Waals surface area contributed by atoms with Gasteiger partial charge in [-0.05, 0) is 56.3 Å². The smallest absolute Gasteiger partial charge is 0.222 e. The predicted octanol–water partition coefficient (Wildman–Crippen LogP) is 2.79. The largest absolute Gasteiger partial charge is 0.386 e. The van der Waals surface area contributed by atoms with E-state index < -0.39 is 13.3 Å². The Labute approximate surface area is 197 Å². The fraction of sp³-hybridized carbons (Fsp3) is 0.259. The monoisotopic (exact) mass is 461 g/mol. The number of benzene rings is 3. The molecule has 0 aromatic heterocycles. The maximum absolute atomic E-state index is 12.2. The fourth-order valence-electron chi connectivity index (χ4n) is 4.21. The summed E-state index contributed by atoms with van der Waals surface area (Å²) in [6.07, 6.45) is 3.10. The molecule has 0 bridgehead atoms. The van der Waals surface area contributed by atoms with Crippen molar-refractivity contribution in [3.8, 4) is 0 Å². The molecule has 3 rings (SSSR count). The lowest BCUT2D eigenvalue weighted by Gasteiger charge is -2.27. The van der Waals surface area contributed by atoms with Crippen LogP contribution in [0.25, 0.3) is 0 Å². The molecule has 6 heteroatoms. The molecule has 0 aliphatic rings. The highest BCUT2D eigenvalue weighted by atomic mass is 31.2. The quantitative estimate of drug-likeness (QED) is 0.145. The molecule has 0 aliphatic carbocycles. The molecule has 5 N–H and O–H groups in total.